The quantitative estimate of drug-likeness (QED) is 0.538. The molecule has 1 N–H and O–H groups in total. The van der Waals surface area contributed by atoms with Crippen LogP contribution in [0.5, 0.6) is 11.5 Å². The Balaban J connectivity index is 1.76. The number of carbonyl (C=O) groups is 3. The van der Waals surface area contributed by atoms with Crippen molar-refractivity contribution < 1.29 is 28.6 Å². The first-order chi connectivity index (χ1) is 13.0. The first-order valence-electron chi connectivity index (χ1n) is 8.37. The molecule has 0 radical (unpaired) electrons. The Kier molecular flexibility index (Phi) is 7.37. The smallest absolute Gasteiger partial charge is 0.344 e. The van der Waals surface area contributed by atoms with Crippen molar-refractivity contribution in [3.63, 3.8) is 0 Å². The van der Waals surface area contributed by atoms with Gasteiger partial charge < -0.3 is 19.5 Å². The summed E-state index contributed by atoms with van der Waals surface area (Å²) in [6, 6.07) is 13.1. The number of carbonyl (C=O) groups excluding carboxylic acids is 3. The monoisotopic (exact) mass is 371 g/mol. The summed E-state index contributed by atoms with van der Waals surface area (Å²) in [5, 5.41) is 2.69. The van der Waals surface area contributed by atoms with Gasteiger partial charge in [0.15, 0.2) is 19.0 Å². The maximum Gasteiger partial charge on any atom is 0.344 e. The molecule has 0 atom stereocenters. The first-order valence-corrected chi connectivity index (χ1v) is 8.37. The van der Waals surface area contributed by atoms with Crippen molar-refractivity contribution in [1.82, 2.24) is 0 Å². The minimum atomic E-state index is -0.647. The molecule has 0 aliphatic heterocycles. The Labute approximate surface area is 157 Å². The Morgan fingerprint density at radius 2 is 1.52 bits per heavy atom. The fraction of sp³-hybridized carbons (Fsp3) is 0.250. The van der Waals surface area contributed by atoms with Gasteiger partial charge in [-0.3, -0.25) is 9.59 Å². The summed E-state index contributed by atoms with van der Waals surface area (Å²) >= 11 is 0. The Morgan fingerprint density at radius 3 is 2.11 bits per heavy atom. The summed E-state index contributed by atoms with van der Waals surface area (Å²) in [6.07, 6.45) is 0.370. The molecule has 0 heterocycles. The molecule has 0 aliphatic rings. The van der Waals surface area contributed by atoms with Gasteiger partial charge in [0.25, 0.3) is 0 Å². The zero-order valence-electron chi connectivity index (χ0n) is 15.2. The lowest BCUT2D eigenvalue weighted by Crippen LogP contribution is -2.19. The largest absolute Gasteiger partial charge is 0.497 e. The molecule has 142 valence electrons. The molecule has 7 nitrogen and oxygen atoms in total. The van der Waals surface area contributed by atoms with Crippen LogP contribution in [0.1, 0.15) is 23.7 Å². The summed E-state index contributed by atoms with van der Waals surface area (Å²) in [5.41, 5.74) is 0.983. The second-order valence-corrected chi connectivity index (χ2v) is 5.53. The van der Waals surface area contributed by atoms with E-state index in [1.54, 1.807) is 62.6 Å². The SMILES string of the molecule is CCC(=O)Nc1ccc(C(=O)COC(=O)COc2ccc(OC)cc2)cc1. The van der Waals surface area contributed by atoms with E-state index in [9.17, 15) is 14.4 Å². The van der Waals surface area contributed by atoms with Crippen LogP contribution in [-0.4, -0.2) is 38.0 Å². The molecular weight excluding hydrogens is 350 g/mol. The van der Waals surface area contributed by atoms with Crippen molar-refractivity contribution in [3.8, 4) is 11.5 Å². The molecule has 0 fully saturated rings. The van der Waals surface area contributed by atoms with Crippen LogP contribution in [0.15, 0.2) is 48.5 Å². The molecule has 2 aromatic rings. The van der Waals surface area contributed by atoms with E-state index in [4.69, 9.17) is 14.2 Å². The number of hydrogen-bond acceptors (Lipinski definition) is 6. The highest BCUT2D eigenvalue weighted by Gasteiger charge is 2.11. The summed E-state index contributed by atoms with van der Waals surface area (Å²) in [6.45, 7) is 1.06. The van der Waals surface area contributed by atoms with E-state index in [2.05, 4.69) is 5.32 Å². The maximum atomic E-state index is 12.1. The molecule has 2 aromatic carbocycles. The number of methoxy groups -OCH3 is 1. The van der Waals surface area contributed by atoms with Crippen molar-refractivity contribution in [3.05, 3.63) is 54.1 Å². The lowest BCUT2D eigenvalue weighted by molar-refractivity contribution is -0.144. The van der Waals surface area contributed by atoms with Gasteiger partial charge in [0.2, 0.25) is 5.91 Å². The number of rotatable bonds is 9. The van der Waals surface area contributed by atoms with Gasteiger partial charge in [-0.25, -0.2) is 4.79 Å². The van der Waals surface area contributed by atoms with Gasteiger partial charge in [-0.05, 0) is 48.5 Å². The number of ketones is 1. The second kappa shape index (κ2) is 9.96. The van der Waals surface area contributed by atoms with Gasteiger partial charge in [0.1, 0.15) is 11.5 Å². The van der Waals surface area contributed by atoms with Crippen LogP contribution < -0.4 is 14.8 Å². The average Bonchev–Trinajstić information content (AvgIpc) is 2.71. The van der Waals surface area contributed by atoms with Gasteiger partial charge in [-0.15, -0.1) is 0 Å². The van der Waals surface area contributed by atoms with Crippen LogP contribution in [0, 0.1) is 0 Å². The molecular formula is C20H21NO6. The predicted molar refractivity (Wildman–Crippen MR) is 99.1 cm³/mol. The molecule has 1 amide bonds. The van der Waals surface area contributed by atoms with Gasteiger partial charge >= 0.3 is 5.97 Å². The Morgan fingerprint density at radius 1 is 0.889 bits per heavy atom. The van der Waals surface area contributed by atoms with Crippen LogP contribution in [0.3, 0.4) is 0 Å². The lowest BCUT2D eigenvalue weighted by Gasteiger charge is -2.08. The standard InChI is InChI=1S/C20H21NO6/c1-3-19(23)21-15-6-4-14(5-7-15)18(22)12-27-20(24)13-26-17-10-8-16(25-2)9-11-17/h4-11H,3,12-13H2,1-2H3,(H,21,23). The van der Waals surface area contributed by atoms with E-state index in [1.165, 1.54) is 0 Å². The van der Waals surface area contributed by atoms with Crippen molar-refractivity contribution >= 4 is 23.3 Å². The summed E-state index contributed by atoms with van der Waals surface area (Å²) < 4.78 is 15.2. The zero-order valence-corrected chi connectivity index (χ0v) is 15.2. The highest BCUT2D eigenvalue weighted by Crippen LogP contribution is 2.17. The molecule has 2 rings (SSSR count). The molecule has 0 unspecified atom stereocenters. The highest BCUT2D eigenvalue weighted by atomic mass is 16.6. The highest BCUT2D eigenvalue weighted by molar-refractivity contribution is 5.98. The van der Waals surface area contributed by atoms with Crippen molar-refractivity contribution in [2.24, 2.45) is 0 Å². The molecule has 0 saturated carbocycles. The maximum absolute atomic E-state index is 12.1. The van der Waals surface area contributed by atoms with Crippen LogP contribution in [0.2, 0.25) is 0 Å². The van der Waals surface area contributed by atoms with E-state index >= 15 is 0 Å². The third-order valence-electron chi connectivity index (χ3n) is 3.59. The number of esters is 1. The van der Waals surface area contributed by atoms with Crippen LogP contribution in [0.25, 0.3) is 0 Å². The number of ether oxygens (including phenoxy) is 3. The van der Waals surface area contributed by atoms with E-state index in [1.807, 2.05) is 0 Å². The first kappa shape index (κ1) is 20.0. The molecule has 7 heteroatoms. The minimum Gasteiger partial charge on any atom is -0.497 e. The third kappa shape index (κ3) is 6.47. The van der Waals surface area contributed by atoms with Gasteiger partial charge in [0.05, 0.1) is 7.11 Å². The summed E-state index contributed by atoms with van der Waals surface area (Å²) in [4.78, 5) is 35.1. The van der Waals surface area contributed by atoms with E-state index in [0.717, 1.165) is 0 Å². The van der Waals surface area contributed by atoms with Crippen LogP contribution >= 0.6 is 0 Å². The van der Waals surface area contributed by atoms with Crippen molar-refractivity contribution in [2.45, 2.75) is 13.3 Å². The molecule has 0 spiro atoms. The van der Waals surface area contributed by atoms with E-state index in [0.29, 0.717) is 29.2 Å². The second-order valence-electron chi connectivity index (χ2n) is 5.53. The predicted octanol–water partition coefficient (Wildman–Crippen LogP) is 2.85. The molecule has 0 saturated heterocycles. The normalized spacial score (nSPS) is 10.0. The van der Waals surface area contributed by atoms with Gasteiger partial charge in [-0.1, -0.05) is 6.92 Å². The summed E-state index contributed by atoms with van der Waals surface area (Å²) in [5.74, 6) is 0.0617. The van der Waals surface area contributed by atoms with Gasteiger partial charge in [0, 0.05) is 17.7 Å². The molecule has 0 aliphatic carbocycles. The number of nitrogens with one attached hydrogen (secondary N) is 1. The van der Waals surface area contributed by atoms with Crippen molar-refractivity contribution in [2.75, 3.05) is 25.6 Å². The number of amides is 1. The molecule has 0 bridgehead atoms. The van der Waals surface area contributed by atoms with Crippen LogP contribution in [0.4, 0.5) is 5.69 Å². The fourth-order valence-electron chi connectivity index (χ4n) is 2.07. The zero-order chi connectivity index (χ0) is 19.6. The average molecular weight is 371 g/mol. The number of benzene rings is 2. The van der Waals surface area contributed by atoms with E-state index < -0.39 is 5.97 Å². The van der Waals surface area contributed by atoms with Gasteiger partial charge in [-0.2, -0.15) is 0 Å². The minimum absolute atomic E-state index is 0.111. The number of hydrogen-bond donors (Lipinski definition) is 1. The Bertz CT molecular complexity index is 783. The Hall–Kier alpha value is -3.35. The number of anilines is 1. The molecule has 27 heavy (non-hydrogen) atoms. The van der Waals surface area contributed by atoms with E-state index in [-0.39, 0.29) is 24.9 Å². The third-order valence-corrected chi connectivity index (χ3v) is 3.59. The topological polar surface area (TPSA) is 90.9 Å². The summed E-state index contributed by atoms with van der Waals surface area (Å²) in [7, 11) is 1.55. The van der Waals surface area contributed by atoms with Crippen LogP contribution in [-0.2, 0) is 14.3 Å². The lowest BCUT2D eigenvalue weighted by atomic mass is 10.1. The molecule has 0 aromatic heterocycles. The van der Waals surface area contributed by atoms with Crippen molar-refractivity contribution in [1.29, 1.82) is 0 Å². The number of Topliss-reactive ketones (excluding diaryl/α,β-unsaturated/α-hetero) is 1. The fourth-order valence-corrected chi connectivity index (χ4v) is 2.07.